The van der Waals surface area contributed by atoms with Crippen molar-refractivity contribution >= 4 is 0 Å². The maximum Gasteiger partial charge on any atom is -0.00150 e. The molecule has 0 amide bonds. The highest BCUT2D eigenvalue weighted by atomic mass is 14.9. The molecule has 2 aliphatic carbocycles. The number of hydrogen-bond acceptors (Lipinski definition) is 1. The van der Waals surface area contributed by atoms with Crippen molar-refractivity contribution in [3.8, 4) is 0 Å². The third-order valence-electron chi connectivity index (χ3n) is 4.87. The van der Waals surface area contributed by atoms with Gasteiger partial charge in [-0.15, -0.1) is 0 Å². The summed E-state index contributed by atoms with van der Waals surface area (Å²) in [5.74, 6) is 2.93. The van der Waals surface area contributed by atoms with E-state index in [9.17, 15) is 0 Å². The molecular formula is C14H27N. The summed E-state index contributed by atoms with van der Waals surface area (Å²) >= 11 is 0. The predicted molar refractivity (Wildman–Crippen MR) is 65.9 cm³/mol. The first-order valence-corrected chi connectivity index (χ1v) is 6.91. The summed E-state index contributed by atoms with van der Waals surface area (Å²) in [5, 5.41) is 3.54. The normalized spacial score (nSPS) is 40.0. The Morgan fingerprint density at radius 1 is 1.33 bits per heavy atom. The highest BCUT2D eigenvalue weighted by molar-refractivity contribution is 5.08. The molecule has 0 heterocycles. The molecule has 1 N–H and O–H groups in total. The Kier molecular flexibility index (Phi) is 3.39. The van der Waals surface area contributed by atoms with E-state index in [2.05, 4.69) is 26.1 Å². The number of rotatable bonds is 4. The molecule has 2 saturated carbocycles. The van der Waals surface area contributed by atoms with Crippen LogP contribution in [-0.2, 0) is 0 Å². The topological polar surface area (TPSA) is 12.0 Å². The molecule has 1 spiro atoms. The van der Waals surface area contributed by atoms with E-state index in [1.54, 1.807) is 0 Å². The fraction of sp³-hybridized carbons (Fsp3) is 1.00. The Hall–Kier alpha value is -0.0400. The van der Waals surface area contributed by atoms with Gasteiger partial charge in [0.15, 0.2) is 0 Å². The van der Waals surface area contributed by atoms with Crippen molar-refractivity contribution in [2.45, 2.75) is 52.9 Å². The van der Waals surface area contributed by atoms with Gasteiger partial charge in [0.2, 0.25) is 0 Å². The maximum atomic E-state index is 3.54. The summed E-state index contributed by atoms with van der Waals surface area (Å²) in [7, 11) is 0. The Morgan fingerprint density at radius 3 is 2.80 bits per heavy atom. The molecule has 2 rings (SSSR count). The quantitative estimate of drug-likeness (QED) is 0.748. The van der Waals surface area contributed by atoms with Crippen LogP contribution in [-0.4, -0.2) is 13.1 Å². The van der Waals surface area contributed by atoms with E-state index < -0.39 is 0 Å². The van der Waals surface area contributed by atoms with Crippen LogP contribution in [0, 0.1) is 23.2 Å². The van der Waals surface area contributed by atoms with E-state index >= 15 is 0 Å². The zero-order valence-corrected chi connectivity index (χ0v) is 10.7. The van der Waals surface area contributed by atoms with Gasteiger partial charge in [-0.05, 0) is 55.5 Å². The molecule has 1 nitrogen and oxygen atoms in total. The van der Waals surface area contributed by atoms with Crippen LogP contribution in [0.4, 0.5) is 0 Å². The molecule has 15 heavy (non-hydrogen) atoms. The lowest BCUT2D eigenvalue weighted by Gasteiger charge is -2.36. The van der Waals surface area contributed by atoms with Crippen LogP contribution >= 0.6 is 0 Å². The third-order valence-corrected chi connectivity index (χ3v) is 4.87. The van der Waals surface area contributed by atoms with E-state index in [0.717, 1.165) is 29.7 Å². The van der Waals surface area contributed by atoms with Crippen molar-refractivity contribution < 1.29 is 0 Å². The lowest BCUT2D eigenvalue weighted by atomic mass is 9.70. The van der Waals surface area contributed by atoms with E-state index in [1.807, 2.05) is 0 Å². The van der Waals surface area contributed by atoms with Crippen molar-refractivity contribution in [1.29, 1.82) is 0 Å². The maximum absolute atomic E-state index is 3.54. The summed E-state index contributed by atoms with van der Waals surface area (Å²) in [6.45, 7) is 9.50. The Labute approximate surface area is 95.0 Å². The minimum Gasteiger partial charge on any atom is -0.317 e. The summed E-state index contributed by atoms with van der Waals surface area (Å²) in [6, 6.07) is 0. The molecule has 0 aliphatic heterocycles. The lowest BCUT2D eigenvalue weighted by Crippen LogP contribution is -2.30. The average molecular weight is 209 g/mol. The second-order valence-electron chi connectivity index (χ2n) is 6.04. The van der Waals surface area contributed by atoms with Gasteiger partial charge >= 0.3 is 0 Å². The van der Waals surface area contributed by atoms with Crippen molar-refractivity contribution in [1.82, 2.24) is 5.32 Å². The summed E-state index contributed by atoms with van der Waals surface area (Å²) in [4.78, 5) is 0. The van der Waals surface area contributed by atoms with Gasteiger partial charge in [-0.25, -0.2) is 0 Å². The molecule has 3 unspecified atom stereocenters. The molecule has 0 aromatic carbocycles. The van der Waals surface area contributed by atoms with E-state index in [1.165, 1.54) is 38.6 Å². The van der Waals surface area contributed by atoms with E-state index in [-0.39, 0.29) is 0 Å². The molecule has 0 saturated heterocycles. The first-order chi connectivity index (χ1) is 7.20. The largest absolute Gasteiger partial charge is 0.317 e. The number of hydrogen-bond donors (Lipinski definition) is 1. The summed E-state index contributed by atoms with van der Waals surface area (Å²) < 4.78 is 0. The highest BCUT2D eigenvalue weighted by Crippen LogP contribution is 2.65. The van der Waals surface area contributed by atoms with E-state index in [0.29, 0.717) is 0 Å². The van der Waals surface area contributed by atoms with Crippen molar-refractivity contribution in [2.24, 2.45) is 23.2 Å². The van der Waals surface area contributed by atoms with Crippen LogP contribution in [0.3, 0.4) is 0 Å². The van der Waals surface area contributed by atoms with Gasteiger partial charge in [0.1, 0.15) is 0 Å². The predicted octanol–water partition coefficient (Wildman–Crippen LogP) is 3.45. The Bertz CT molecular complexity index is 211. The smallest absolute Gasteiger partial charge is 0.00150 e. The minimum absolute atomic E-state index is 0.772. The van der Waals surface area contributed by atoms with E-state index in [4.69, 9.17) is 0 Å². The van der Waals surface area contributed by atoms with Gasteiger partial charge in [-0.3, -0.25) is 0 Å². The van der Waals surface area contributed by atoms with Gasteiger partial charge in [-0.1, -0.05) is 33.6 Å². The fourth-order valence-electron chi connectivity index (χ4n) is 4.04. The van der Waals surface area contributed by atoms with Crippen LogP contribution in [0.25, 0.3) is 0 Å². The molecular weight excluding hydrogens is 182 g/mol. The first-order valence-electron chi connectivity index (χ1n) is 6.91. The molecule has 3 atom stereocenters. The zero-order chi connectivity index (χ0) is 10.9. The van der Waals surface area contributed by atoms with Gasteiger partial charge in [-0.2, -0.15) is 0 Å². The molecule has 0 radical (unpaired) electrons. The van der Waals surface area contributed by atoms with Crippen LogP contribution in [0.15, 0.2) is 0 Å². The lowest BCUT2D eigenvalue weighted by molar-refractivity contribution is 0.141. The fourth-order valence-corrected chi connectivity index (χ4v) is 4.04. The molecule has 88 valence electrons. The molecule has 0 aromatic heterocycles. The molecule has 2 fully saturated rings. The standard InChI is InChI=1S/C14H27N/c1-4-15-10-12-9-14(12)8-6-5-7-13(14)11(2)3/h11-13,15H,4-10H2,1-3H3. The highest BCUT2D eigenvalue weighted by Gasteiger charge is 2.58. The average Bonchev–Trinajstić information content (AvgIpc) is 2.89. The van der Waals surface area contributed by atoms with Gasteiger partial charge < -0.3 is 5.32 Å². The summed E-state index contributed by atoms with van der Waals surface area (Å²) in [6.07, 6.45) is 7.51. The molecule has 1 heteroatoms. The monoisotopic (exact) mass is 209 g/mol. The first kappa shape index (κ1) is 11.4. The van der Waals surface area contributed by atoms with Crippen LogP contribution in [0.5, 0.6) is 0 Å². The SMILES string of the molecule is CCNCC1CC12CCCCC2C(C)C. The van der Waals surface area contributed by atoms with Gasteiger partial charge in [0.25, 0.3) is 0 Å². The van der Waals surface area contributed by atoms with Gasteiger partial charge in [0.05, 0.1) is 0 Å². The van der Waals surface area contributed by atoms with Crippen molar-refractivity contribution in [3.05, 3.63) is 0 Å². The molecule has 0 bridgehead atoms. The van der Waals surface area contributed by atoms with Crippen LogP contribution < -0.4 is 5.32 Å². The second kappa shape index (κ2) is 4.45. The second-order valence-corrected chi connectivity index (χ2v) is 6.04. The van der Waals surface area contributed by atoms with Crippen molar-refractivity contribution in [2.75, 3.05) is 13.1 Å². The summed E-state index contributed by atoms with van der Waals surface area (Å²) in [5.41, 5.74) is 0.772. The third kappa shape index (κ3) is 2.08. The minimum atomic E-state index is 0.772. The van der Waals surface area contributed by atoms with Crippen LogP contribution in [0.1, 0.15) is 52.9 Å². The zero-order valence-electron chi connectivity index (χ0n) is 10.7. The number of nitrogens with one attached hydrogen (secondary N) is 1. The van der Waals surface area contributed by atoms with Crippen LogP contribution in [0.2, 0.25) is 0 Å². The molecule has 0 aromatic rings. The van der Waals surface area contributed by atoms with Crippen molar-refractivity contribution in [3.63, 3.8) is 0 Å². The Morgan fingerprint density at radius 2 is 2.13 bits per heavy atom. The Balaban J connectivity index is 1.94. The molecule has 2 aliphatic rings. The van der Waals surface area contributed by atoms with Gasteiger partial charge in [0, 0.05) is 0 Å².